The highest BCUT2D eigenvalue weighted by Gasteiger charge is 2.19. The van der Waals surface area contributed by atoms with E-state index in [-0.39, 0.29) is 28.1 Å². The van der Waals surface area contributed by atoms with E-state index in [1.54, 1.807) is 6.20 Å². The maximum absolute atomic E-state index is 12.2. The van der Waals surface area contributed by atoms with Gasteiger partial charge in [-0.05, 0) is 17.7 Å². The highest BCUT2D eigenvalue weighted by molar-refractivity contribution is 7.89. The molecule has 6 nitrogen and oxygen atoms in total. The summed E-state index contributed by atoms with van der Waals surface area (Å²) >= 11 is 11.8. The van der Waals surface area contributed by atoms with Crippen LogP contribution in [-0.4, -0.2) is 30.0 Å². The summed E-state index contributed by atoms with van der Waals surface area (Å²) in [6.07, 6.45) is 3.61. The second kappa shape index (κ2) is 6.76. The lowest BCUT2D eigenvalue weighted by molar-refractivity contribution is 0.281. The first-order valence-electron chi connectivity index (χ1n) is 5.99. The normalized spacial score (nSPS) is 11.8. The van der Waals surface area contributed by atoms with Crippen molar-refractivity contribution in [2.45, 2.75) is 17.9 Å². The molecule has 0 atom stereocenters. The van der Waals surface area contributed by atoms with Crippen molar-refractivity contribution < 1.29 is 13.5 Å². The summed E-state index contributed by atoms with van der Waals surface area (Å²) in [5, 5.41) is 9.37. The Morgan fingerprint density at radius 1 is 1.29 bits per heavy atom. The van der Waals surface area contributed by atoms with Gasteiger partial charge in [-0.1, -0.05) is 23.2 Å². The minimum absolute atomic E-state index is 0.00578. The van der Waals surface area contributed by atoms with Crippen LogP contribution in [0, 0.1) is 0 Å². The standard InChI is InChI=1S/C12H13Cl2N3O3S/c13-10-4-11(14)12(3-8(10)6-18)21(19,20)17-2-1-9-5-15-7-16-9/h3-5,7,17-18H,1-2,6H2,(H,15,16). The van der Waals surface area contributed by atoms with Gasteiger partial charge in [-0.25, -0.2) is 18.1 Å². The molecule has 2 rings (SSSR count). The number of H-pyrrole nitrogens is 1. The van der Waals surface area contributed by atoms with Crippen molar-refractivity contribution in [3.63, 3.8) is 0 Å². The highest BCUT2D eigenvalue weighted by atomic mass is 35.5. The maximum Gasteiger partial charge on any atom is 0.242 e. The van der Waals surface area contributed by atoms with Crippen molar-refractivity contribution in [3.05, 3.63) is 46.0 Å². The maximum atomic E-state index is 12.2. The minimum Gasteiger partial charge on any atom is -0.392 e. The molecule has 9 heteroatoms. The summed E-state index contributed by atoms with van der Waals surface area (Å²) in [6, 6.07) is 2.57. The van der Waals surface area contributed by atoms with E-state index < -0.39 is 10.0 Å². The predicted octanol–water partition coefficient (Wildman–Crippen LogP) is 1.73. The van der Waals surface area contributed by atoms with Gasteiger partial charge in [0.15, 0.2) is 0 Å². The van der Waals surface area contributed by atoms with Crippen LogP contribution in [0.1, 0.15) is 11.3 Å². The van der Waals surface area contributed by atoms with E-state index in [2.05, 4.69) is 14.7 Å². The number of halogens is 2. The van der Waals surface area contributed by atoms with E-state index in [1.807, 2.05) is 0 Å². The number of benzene rings is 1. The molecule has 0 spiro atoms. The van der Waals surface area contributed by atoms with Crippen molar-refractivity contribution in [1.29, 1.82) is 0 Å². The Bertz CT molecular complexity index is 718. The number of sulfonamides is 1. The molecule has 0 aliphatic carbocycles. The molecule has 0 amide bonds. The number of aromatic nitrogens is 2. The number of hydrogen-bond donors (Lipinski definition) is 3. The molecule has 0 radical (unpaired) electrons. The van der Waals surface area contributed by atoms with E-state index >= 15 is 0 Å². The summed E-state index contributed by atoms with van der Waals surface area (Å²) in [4.78, 5) is 6.61. The lowest BCUT2D eigenvalue weighted by Gasteiger charge is -2.10. The van der Waals surface area contributed by atoms with Crippen LogP contribution in [0.15, 0.2) is 29.6 Å². The van der Waals surface area contributed by atoms with Crippen LogP contribution in [0.25, 0.3) is 0 Å². The zero-order valence-electron chi connectivity index (χ0n) is 10.8. The molecule has 0 fully saturated rings. The smallest absolute Gasteiger partial charge is 0.242 e. The Morgan fingerprint density at radius 3 is 2.67 bits per heavy atom. The molecule has 0 saturated heterocycles. The molecule has 114 valence electrons. The van der Waals surface area contributed by atoms with Gasteiger partial charge >= 0.3 is 0 Å². The third-order valence-electron chi connectivity index (χ3n) is 2.80. The number of aromatic amines is 1. The lowest BCUT2D eigenvalue weighted by Crippen LogP contribution is -2.26. The van der Waals surface area contributed by atoms with Gasteiger partial charge in [0.25, 0.3) is 0 Å². The first kappa shape index (κ1) is 16.3. The molecule has 1 aromatic heterocycles. The van der Waals surface area contributed by atoms with Gasteiger partial charge in [0, 0.05) is 29.9 Å². The van der Waals surface area contributed by atoms with Crippen LogP contribution in [0.3, 0.4) is 0 Å². The molecule has 1 aromatic carbocycles. The zero-order valence-corrected chi connectivity index (χ0v) is 13.1. The largest absolute Gasteiger partial charge is 0.392 e. The highest BCUT2D eigenvalue weighted by Crippen LogP contribution is 2.28. The summed E-state index contributed by atoms with van der Waals surface area (Å²) in [5.74, 6) is 0. The molecule has 0 saturated carbocycles. The van der Waals surface area contributed by atoms with Crippen LogP contribution >= 0.6 is 23.2 Å². The Kier molecular flexibility index (Phi) is 5.23. The van der Waals surface area contributed by atoms with E-state index in [4.69, 9.17) is 28.3 Å². The first-order valence-corrected chi connectivity index (χ1v) is 8.23. The van der Waals surface area contributed by atoms with E-state index in [9.17, 15) is 8.42 Å². The fourth-order valence-electron chi connectivity index (χ4n) is 1.72. The van der Waals surface area contributed by atoms with Crippen molar-refractivity contribution >= 4 is 33.2 Å². The lowest BCUT2D eigenvalue weighted by atomic mass is 10.2. The number of nitrogens with one attached hydrogen (secondary N) is 2. The summed E-state index contributed by atoms with van der Waals surface area (Å²) in [5.41, 5.74) is 1.12. The number of imidazole rings is 1. The van der Waals surface area contributed by atoms with Gasteiger partial charge in [0.1, 0.15) is 4.90 Å². The molecular formula is C12H13Cl2N3O3S. The van der Waals surface area contributed by atoms with E-state index in [0.29, 0.717) is 12.0 Å². The predicted molar refractivity (Wildman–Crippen MR) is 79.9 cm³/mol. The second-order valence-corrected chi connectivity index (χ2v) is 6.81. The summed E-state index contributed by atoms with van der Waals surface area (Å²) in [6.45, 7) is -0.176. The van der Waals surface area contributed by atoms with Crippen LogP contribution < -0.4 is 4.72 Å². The van der Waals surface area contributed by atoms with Gasteiger partial charge in [0.2, 0.25) is 10.0 Å². The molecule has 3 N–H and O–H groups in total. The van der Waals surface area contributed by atoms with Gasteiger partial charge in [-0.2, -0.15) is 0 Å². The van der Waals surface area contributed by atoms with Crippen molar-refractivity contribution in [3.8, 4) is 0 Å². The van der Waals surface area contributed by atoms with E-state index in [0.717, 1.165) is 5.69 Å². The monoisotopic (exact) mass is 349 g/mol. The minimum atomic E-state index is -3.78. The molecular weight excluding hydrogens is 337 g/mol. The van der Waals surface area contributed by atoms with Crippen LogP contribution in [0.5, 0.6) is 0 Å². The molecule has 0 aliphatic rings. The van der Waals surface area contributed by atoms with Crippen LogP contribution in [-0.2, 0) is 23.1 Å². The number of rotatable bonds is 6. The van der Waals surface area contributed by atoms with Gasteiger partial charge in [-0.15, -0.1) is 0 Å². The van der Waals surface area contributed by atoms with Crippen molar-refractivity contribution in [2.24, 2.45) is 0 Å². The van der Waals surface area contributed by atoms with Gasteiger partial charge < -0.3 is 10.1 Å². The summed E-state index contributed by atoms with van der Waals surface area (Å²) in [7, 11) is -3.78. The summed E-state index contributed by atoms with van der Waals surface area (Å²) < 4.78 is 26.9. The topological polar surface area (TPSA) is 95.1 Å². The fraction of sp³-hybridized carbons (Fsp3) is 0.250. The average Bonchev–Trinajstić information content (AvgIpc) is 2.91. The Hall–Kier alpha value is -1.12. The van der Waals surface area contributed by atoms with E-state index in [1.165, 1.54) is 18.5 Å². The number of aliphatic hydroxyl groups is 1. The SMILES string of the molecule is O=S(=O)(NCCc1cnc[nH]1)c1cc(CO)c(Cl)cc1Cl. The quantitative estimate of drug-likeness (QED) is 0.739. The zero-order chi connectivity index (χ0) is 15.5. The van der Waals surface area contributed by atoms with Crippen LogP contribution in [0.2, 0.25) is 10.0 Å². The third kappa shape index (κ3) is 3.96. The number of nitrogens with zero attached hydrogens (tertiary/aromatic N) is 1. The molecule has 0 unspecified atom stereocenters. The molecule has 0 aliphatic heterocycles. The average molecular weight is 350 g/mol. The Balaban J connectivity index is 2.15. The Morgan fingerprint density at radius 2 is 2.05 bits per heavy atom. The first-order chi connectivity index (χ1) is 9.94. The second-order valence-electron chi connectivity index (χ2n) is 4.26. The number of hydrogen-bond acceptors (Lipinski definition) is 4. The van der Waals surface area contributed by atoms with Gasteiger partial charge in [0.05, 0.1) is 18.0 Å². The third-order valence-corrected chi connectivity index (χ3v) is 5.08. The fourth-order valence-corrected chi connectivity index (χ4v) is 3.60. The molecule has 21 heavy (non-hydrogen) atoms. The molecule has 1 heterocycles. The van der Waals surface area contributed by atoms with Gasteiger partial charge in [-0.3, -0.25) is 0 Å². The van der Waals surface area contributed by atoms with Crippen molar-refractivity contribution in [1.82, 2.24) is 14.7 Å². The number of aliphatic hydroxyl groups excluding tert-OH is 1. The van der Waals surface area contributed by atoms with Crippen molar-refractivity contribution in [2.75, 3.05) is 6.54 Å². The molecule has 2 aromatic rings. The van der Waals surface area contributed by atoms with Crippen LogP contribution in [0.4, 0.5) is 0 Å². The molecule has 0 bridgehead atoms. The Labute approximate surface area is 132 Å².